The smallest absolute Gasteiger partial charge is 0.261 e. The van der Waals surface area contributed by atoms with E-state index in [4.69, 9.17) is 4.42 Å². The van der Waals surface area contributed by atoms with Crippen LogP contribution in [0.5, 0.6) is 0 Å². The fourth-order valence-electron chi connectivity index (χ4n) is 2.90. The molecule has 0 aliphatic carbocycles. The highest BCUT2D eigenvalue weighted by molar-refractivity contribution is 7.09. The maximum atomic E-state index is 12.6. The van der Waals surface area contributed by atoms with Gasteiger partial charge in [-0.1, -0.05) is 0 Å². The Bertz CT molecular complexity index is 1040. The molecule has 4 rings (SSSR count). The van der Waals surface area contributed by atoms with Crippen molar-refractivity contribution in [3.63, 3.8) is 0 Å². The van der Waals surface area contributed by atoms with Crippen molar-refractivity contribution in [2.24, 2.45) is 0 Å². The molecule has 0 atom stereocenters. The molecule has 3 heterocycles. The molecule has 1 N–H and O–H groups in total. The minimum absolute atomic E-state index is 0.0596. The van der Waals surface area contributed by atoms with E-state index in [1.54, 1.807) is 18.2 Å². The summed E-state index contributed by atoms with van der Waals surface area (Å²) in [4.78, 5) is 42.9. The van der Waals surface area contributed by atoms with Crippen molar-refractivity contribution in [1.29, 1.82) is 0 Å². The lowest BCUT2D eigenvalue weighted by molar-refractivity contribution is 0.0631. The summed E-state index contributed by atoms with van der Waals surface area (Å²) < 4.78 is 5.21. The fraction of sp³-hybridized carbons (Fsp3) is 0.158. The third kappa shape index (κ3) is 3.26. The van der Waals surface area contributed by atoms with Crippen molar-refractivity contribution in [3.8, 4) is 0 Å². The lowest BCUT2D eigenvalue weighted by atomic mass is 10.1. The second-order valence-corrected chi connectivity index (χ2v) is 7.14. The minimum Gasteiger partial charge on any atom is -0.467 e. The van der Waals surface area contributed by atoms with Gasteiger partial charge in [-0.25, -0.2) is 4.98 Å². The van der Waals surface area contributed by atoms with Gasteiger partial charge in [0.05, 0.1) is 41.2 Å². The number of furan rings is 1. The molecule has 0 saturated carbocycles. The molecule has 1 aliphatic heterocycles. The van der Waals surface area contributed by atoms with Gasteiger partial charge < -0.3 is 9.73 Å². The molecule has 1 aromatic carbocycles. The number of fused-ring (bicyclic) bond motifs is 1. The van der Waals surface area contributed by atoms with E-state index in [-0.39, 0.29) is 18.0 Å². The lowest BCUT2D eigenvalue weighted by Crippen LogP contribution is -2.28. The van der Waals surface area contributed by atoms with E-state index in [1.165, 1.54) is 29.7 Å². The summed E-state index contributed by atoms with van der Waals surface area (Å²) in [5, 5.41) is 5.58. The molecule has 0 fully saturated rings. The van der Waals surface area contributed by atoms with Gasteiger partial charge in [0.2, 0.25) is 0 Å². The highest BCUT2D eigenvalue weighted by Gasteiger charge is 2.36. The topological polar surface area (TPSA) is 92.5 Å². The first-order chi connectivity index (χ1) is 13.0. The molecule has 2 aromatic heterocycles. The van der Waals surface area contributed by atoms with Crippen molar-refractivity contribution in [2.45, 2.75) is 20.0 Å². The van der Waals surface area contributed by atoms with Crippen LogP contribution in [0.3, 0.4) is 0 Å². The Hall–Kier alpha value is -3.26. The van der Waals surface area contributed by atoms with Gasteiger partial charge in [0.1, 0.15) is 5.76 Å². The van der Waals surface area contributed by atoms with Crippen LogP contribution in [0.1, 0.15) is 47.5 Å². The standard InChI is InChI=1S/C19H15N3O4S/c1-11-21-13(10-27-11)8-20-17(23)12-4-5-15-16(7-12)19(25)22(18(15)24)9-14-3-2-6-26-14/h2-7,10H,8-9H2,1H3,(H,20,23). The zero-order valence-corrected chi connectivity index (χ0v) is 15.2. The van der Waals surface area contributed by atoms with E-state index < -0.39 is 11.8 Å². The number of nitrogens with one attached hydrogen (secondary N) is 1. The predicted octanol–water partition coefficient (Wildman–Crippen LogP) is 2.77. The molecule has 3 amide bonds. The number of aromatic nitrogens is 1. The Kier molecular flexibility index (Phi) is 4.33. The van der Waals surface area contributed by atoms with Crippen molar-refractivity contribution >= 4 is 29.1 Å². The van der Waals surface area contributed by atoms with Gasteiger partial charge in [-0.15, -0.1) is 11.3 Å². The Morgan fingerprint density at radius 2 is 2.04 bits per heavy atom. The second-order valence-electron chi connectivity index (χ2n) is 6.08. The van der Waals surface area contributed by atoms with Crippen LogP contribution >= 0.6 is 11.3 Å². The van der Waals surface area contributed by atoms with E-state index in [1.807, 2.05) is 12.3 Å². The van der Waals surface area contributed by atoms with Crippen LogP contribution in [-0.4, -0.2) is 27.6 Å². The number of aryl methyl sites for hydroxylation is 1. The van der Waals surface area contributed by atoms with Gasteiger partial charge in [0.15, 0.2) is 0 Å². The highest BCUT2D eigenvalue weighted by atomic mass is 32.1. The number of imide groups is 1. The van der Waals surface area contributed by atoms with Crippen LogP contribution in [0.4, 0.5) is 0 Å². The van der Waals surface area contributed by atoms with E-state index in [2.05, 4.69) is 10.3 Å². The first-order valence-corrected chi connectivity index (χ1v) is 9.13. The zero-order valence-electron chi connectivity index (χ0n) is 14.4. The zero-order chi connectivity index (χ0) is 19.0. The Labute approximate surface area is 158 Å². The van der Waals surface area contributed by atoms with Crippen molar-refractivity contribution in [1.82, 2.24) is 15.2 Å². The molecule has 0 spiro atoms. The Morgan fingerprint density at radius 1 is 1.22 bits per heavy atom. The largest absolute Gasteiger partial charge is 0.467 e. The summed E-state index contributed by atoms with van der Waals surface area (Å²) >= 11 is 1.51. The van der Waals surface area contributed by atoms with E-state index in [0.717, 1.165) is 15.6 Å². The summed E-state index contributed by atoms with van der Waals surface area (Å²) in [5.74, 6) is -0.637. The van der Waals surface area contributed by atoms with E-state index in [9.17, 15) is 14.4 Å². The van der Waals surface area contributed by atoms with Crippen LogP contribution < -0.4 is 5.32 Å². The third-order valence-electron chi connectivity index (χ3n) is 4.22. The van der Waals surface area contributed by atoms with Crippen molar-refractivity contribution < 1.29 is 18.8 Å². The summed E-state index contributed by atoms with van der Waals surface area (Å²) in [5.41, 5.74) is 1.62. The minimum atomic E-state index is -0.434. The number of carbonyl (C=O) groups is 3. The molecule has 0 saturated heterocycles. The molecule has 3 aromatic rings. The van der Waals surface area contributed by atoms with Gasteiger partial charge in [-0.2, -0.15) is 0 Å². The third-order valence-corrected chi connectivity index (χ3v) is 5.05. The summed E-state index contributed by atoms with van der Waals surface area (Å²) in [6.45, 7) is 2.26. The van der Waals surface area contributed by atoms with Gasteiger partial charge in [0.25, 0.3) is 17.7 Å². The normalized spacial score (nSPS) is 13.1. The molecule has 8 heteroatoms. The van der Waals surface area contributed by atoms with Gasteiger partial charge >= 0.3 is 0 Å². The lowest BCUT2D eigenvalue weighted by Gasteiger charge is -2.11. The SMILES string of the molecule is Cc1nc(CNC(=O)c2ccc3c(c2)C(=O)N(Cc2ccco2)C3=O)cs1. The molecule has 0 bridgehead atoms. The maximum absolute atomic E-state index is 12.6. The Morgan fingerprint density at radius 3 is 2.74 bits per heavy atom. The number of amides is 3. The number of benzene rings is 1. The number of rotatable bonds is 5. The van der Waals surface area contributed by atoms with Crippen molar-refractivity contribution in [3.05, 3.63) is 75.1 Å². The first kappa shape index (κ1) is 17.2. The van der Waals surface area contributed by atoms with Crippen LogP contribution in [0, 0.1) is 6.92 Å². The summed E-state index contributed by atoms with van der Waals surface area (Å²) in [6.07, 6.45) is 1.49. The molecule has 0 unspecified atom stereocenters. The van der Waals surface area contributed by atoms with Crippen LogP contribution in [-0.2, 0) is 13.1 Å². The van der Waals surface area contributed by atoms with E-state index in [0.29, 0.717) is 23.4 Å². The van der Waals surface area contributed by atoms with Crippen LogP contribution in [0.15, 0.2) is 46.4 Å². The number of hydrogen-bond donors (Lipinski definition) is 1. The monoisotopic (exact) mass is 381 g/mol. The molecule has 0 radical (unpaired) electrons. The molecule has 136 valence electrons. The number of hydrogen-bond acceptors (Lipinski definition) is 6. The molecular weight excluding hydrogens is 366 g/mol. The second kappa shape index (κ2) is 6.81. The predicted molar refractivity (Wildman–Crippen MR) is 97.4 cm³/mol. The molecule has 1 aliphatic rings. The van der Waals surface area contributed by atoms with Crippen molar-refractivity contribution in [2.75, 3.05) is 0 Å². The quantitative estimate of drug-likeness (QED) is 0.686. The average Bonchev–Trinajstić information content (AvgIpc) is 3.38. The molecule has 27 heavy (non-hydrogen) atoms. The first-order valence-electron chi connectivity index (χ1n) is 8.25. The van der Waals surface area contributed by atoms with Gasteiger partial charge in [-0.05, 0) is 37.3 Å². The number of nitrogens with zero attached hydrogens (tertiary/aromatic N) is 2. The average molecular weight is 381 g/mol. The van der Waals surface area contributed by atoms with Crippen LogP contribution in [0.2, 0.25) is 0 Å². The maximum Gasteiger partial charge on any atom is 0.261 e. The van der Waals surface area contributed by atoms with Crippen LogP contribution in [0.25, 0.3) is 0 Å². The van der Waals surface area contributed by atoms with E-state index >= 15 is 0 Å². The highest BCUT2D eigenvalue weighted by Crippen LogP contribution is 2.25. The Balaban J connectivity index is 1.51. The number of carbonyl (C=O) groups excluding carboxylic acids is 3. The summed E-state index contributed by atoms with van der Waals surface area (Å²) in [7, 11) is 0. The summed E-state index contributed by atoms with van der Waals surface area (Å²) in [6, 6.07) is 7.91. The number of thiazole rings is 1. The fourth-order valence-corrected chi connectivity index (χ4v) is 3.51. The van der Waals surface area contributed by atoms with Gasteiger partial charge in [0, 0.05) is 10.9 Å². The molecule has 7 nitrogen and oxygen atoms in total. The van der Waals surface area contributed by atoms with Gasteiger partial charge in [-0.3, -0.25) is 19.3 Å². The molecular formula is C19H15N3O4S.